The van der Waals surface area contributed by atoms with Gasteiger partial charge in [0.05, 0.1) is 6.54 Å². The Hall–Kier alpha value is -3.17. The maximum Gasteiger partial charge on any atom is 0.350 e. The predicted molar refractivity (Wildman–Crippen MR) is 124 cm³/mol. The maximum atomic E-state index is 14.1. The van der Waals surface area contributed by atoms with E-state index in [9.17, 15) is 9.18 Å². The fourth-order valence-corrected chi connectivity index (χ4v) is 5.44. The van der Waals surface area contributed by atoms with Crippen molar-refractivity contribution in [1.29, 1.82) is 0 Å². The number of hydrogen-bond acceptors (Lipinski definition) is 3. The Morgan fingerprint density at radius 2 is 1.91 bits per heavy atom. The van der Waals surface area contributed by atoms with E-state index < -0.39 is 5.54 Å². The van der Waals surface area contributed by atoms with Gasteiger partial charge < -0.3 is 4.90 Å². The molecule has 0 radical (unpaired) electrons. The van der Waals surface area contributed by atoms with Crippen molar-refractivity contribution in [3.63, 3.8) is 0 Å². The van der Waals surface area contributed by atoms with Crippen LogP contribution in [-0.4, -0.2) is 46.3 Å². The number of piperidine rings is 1. The van der Waals surface area contributed by atoms with E-state index >= 15 is 0 Å². The highest BCUT2D eigenvalue weighted by Crippen LogP contribution is 2.43. The molecule has 3 heterocycles. The zero-order valence-corrected chi connectivity index (χ0v) is 18.5. The number of aliphatic imine (C=N–C) groups is 1. The average Bonchev–Trinajstić information content (AvgIpc) is 3.32. The van der Waals surface area contributed by atoms with Gasteiger partial charge in [-0.05, 0) is 56.0 Å². The maximum absolute atomic E-state index is 14.1. The smallest absolute Gasteiger partial charge is 0.349 e. The number of amidine groups is 1. The van der Waals surface area contributed by atoms with Crippen LogP contribution >= 0.6 is 0 Å². The first kappa shape index (κ1) is 20.7. The zero-order chi connectivity index (χ0) is 22.3. The molecule has 2 amide bonds. The number of anilines is 1. The normalized spacial score (nSPS) is 25.0. The summed E-state index contributed by atoms with van der Waals surface area (Å²) in [5.74, 6) is 6.61. The van der Waals surface area contributed by atoms with Crippen LogP contribution in [0.5, 0.6) is 0 Å². The number of likely N-dealkylation sites (tertiary alicyclic amines) is 1. The molecule has 0 aromatic heterocycles. The van der Waals surface area contributed by atoms with Crippen LogP contribution in [0.3, 0.4) is 0 Å². The highest BCUT2D eigenvalue weighted by atomic mass is 19.1. The first-order chi connectivity index (χ1) is 15.5. The lowest BCUT2D eigenvalue weighted by molar-refractivity contribution is 0.141. The summed E-state index contributed by atoms with van der Waals surface area (Å²) in [5, 5.41) is 0. The highest BCUT2D eigenvalue weighted by molar-refractivity contribution is 6.16. The van der Waals surface area contributed by atoms with Gasteiger partial charge in [0.2, 0.25) is 0 Å². The summed E-state index contributed by atoms with van der Waals surface area (Å²) in [6.45, 7) is 7.02. The van der Waals surface area contributed by atoms with Crippen molar-refractivity contribution in [1.82, 2.24) is 9.80 Å². The van der Waals surface area contributed by atoms with Crippen molar-refractivity contribution in [3.8, 4) is 11.8 Å². The Morgan fingerprint density at radius 3 is 2.56 bits per heavy atom. The quantitative estimate of drug-likeness (QED) is 0.662. The molecular formula is C26H27FN4O. The predicted octanol–water partition coefficient (Wildman–Crippen LogP) is 4.43. The first-order valence-electron chi connectivity index (χ1n) is 11.2. The number of nitrogens with zero attached hydrogens (tertiary/aromatic N) is 4. The van der Waals surface area contributed by atoms with Gasteiger partial charge in [0.15, 0.2) is 0 Å². The molecule has 5 nitrogen and oxygen atoms in total. The minimum atomic E-state index is -0.595. The molecule has 3 aliphatic heterocycles. The fraction of sp³-hybridized carbons (Fsp3) is 0.385. The third-order valence-corrected chi connectivity index (χ3v) is 6.97. The Morgan fingerprint density at radius 1 is 1.16 bits per heavy atom. The van der Waals surface area contributed by atoms with Crippen molar-refractivity contribution < 1.29 is 9.18 Å². The highest BCUT2D eigenvalue weighted by Gasteiger charge is 2.55. The number of rotatable bonds is 2. The molecule has 1 spiro atoms. The molecule has 32 heavy (non-hydrogen) atoms. The minimum Gasteiger partial charge on any atom is -0.349 e. The van der Waals surface area contributed by atoms with Crippen LogP contribution in [-0.2, 0) is 13.1 Å². The van der Waals surface area contributed by atoms with Crippen LogP contribution in [0.1, 0.15) is 37.8 Å². The number of amides is 2. The van der Waals surface area contributed by atoms with E-state index in [-0.39, 0.29) is 17.9 Å². The molecule has 0 unspecified atom stereocenters. The second-order valence-corrected chi connectivity index (χ2v) is 8.89. The lowest BCUT2D eigenvalue weighted by atomic mass is 9.80. The lowest BCUT2D eigenvalue weighted by Crippen LogP contribution is -2.63. The number of urea groups is 1. The number of fused-ring (bicyclic) bond motifs is 1. The Bertz CT molecular complexity index is 1120. The van der Waals surface area contributed by atoms with Gasteiger partial charge in [0.1, 0.15) is 17.2 Å². The third-order valence-electron chi connectivity index (χ3n) is 6.97. The van der Waals surface area contributed by atoms with Gasteiger partial charge in [-0.2, -0.15) is 4.99 Å². The van der Waals surface area contributed by atoms with E-state index in [1.54, 1.807) is 17.0 Å². The molecule has 2 atom stereocenters. The van der Waals surface area contributed by atoms with Crippen LogP contribution in [0, 0.1) is 17.7 Å². The largest absolute Gasteiger partial charge is 0.350 e. The SMILES string of the molecule is CC#CCN1CC[C@@]2(C[C@@H]1C)C(N1Cc3ccccc3C1)=NC(=O)N2c1cccc(F)c1. The minimum absolute atomic E-state index is 0.210. The van der Waals surface area contributed by atoms with Crippen molar-refractivity contribution in [2.45, 2.75) is 51.4 Å². The molecule has 2 aromatic carbocycles. The molecule has 1 fully saturated rings. The molecule has 0 bridgehead atoms. The van der Waals surface area contributed by atoms with Crippen molar-refractivity contribution in [2.24, 2.45) is 4.99 Å². The Labute approximate surface area is 188 Å². The molecule has 0 N–H and O–H groups in total. The third kappa shape index (κ3) is 3.37. The summed E-state index contributed by atoms with van der Waals surface area (Å²) in [7, 11) is 0. The number of carbonyl (C=O) groups is 1. The van der Waals surface area contributed by atoms with Crippen LogP contribution < -0.4 is 4.90 Å². The van der Waals surface area contributed by atoms with Gasteiger partial charge in [-0.3, -0.25) is 9.80 Å². The van der Waals surface area contributed by atoms with E-state index in [1.165, 1.54) is 23.3 Å². The molecule has 0 aliphatic carbocycles. The molecule has 0 saturated carbocycles. The van der Waals surface area contributed by atoms with Crippen molar-refractivity contribution in [3.05, 3.63) is 65.5 Å². The standard InChI is InChI=1S/C26H27FN4O/c1-3-4-13-29-14-12-26(16-19(29)2)24(30-17-20-8-5-6-9-21(20)18-30)28-25(32)31(26)23-11-7-10-22(27)15-23/h5-11,15,19H,12-14,16-18H2,1-2H3/t19-,26+/m0/s1. The van der Waals surface area contributed by atoms with Crippen molar-refractivity contribution in [2.75, 3.05) is 18.0 Å². The Kier molecular flexibility index (Phi) is 5.22. The summed E-state index contributed by atoms with van der Waals surface area (Å²) in [4.78, 5) is 24.2. The summed E-state index contributed by atoms with van der Waals surface area (Å²) in [5.41, 5.74) is 2.51. The van der Waals surface area contributed by atoms with Crippen LogP contribution in [0.4, 0.5) is 14.9 Å². The molecule has 164 valence electrons. The summed E-state index contributed by atoms with van der Waals surface area (Å²) in [6, 6.07) is 14.6. The number of benzene rings is 2. The van der Waals surface area contributed by atoms with Gasteiger partial charge in [-0.25, -0.2) is 9.18 Å². The Balaban J connectivity index is 1.54. The van der Waals surface area contributed by atoms with Gasteiger partial charge in [0, 0.05) is 31.4 Å². The van der Waals surface area contributed by atoms with E-state index in [2.05, 4.69) is 45.7 Å². The molecule has 5 rings (SSSR count). The summed E-state index contributed by atoms with van der Waals surface area (Å²) >= 11 is 0. The second-order valence-electron chi connectivity index (χ2n) is 8.89. The van der Waals surface area contributed by atoms with Gasteiger partial charge >= 0.3 is 6.03 Å². The summed E-state index contributed by atoms with van der Waals surface area (Å²) < 4.78 is 14.1. The first-order valence-corrected chi connectivity index (χ1v) is 11.2. The van der Waals surface area contributed by atoms with Crippen LogP contribution in [0.15, 0.2) is 53.5 Å². The van der Waals surface area contributed by atoms with Gasteiger partial charge in [-0.1, -0.05) is 36.3 Å². The molecule has 3 aliphatic rings. The molecular weight excluding hydrogens is 403 g/mol. The monoisotopic (exact) mass is 430 g/mol. The van der Waals surface area contributed by atoms with Crippen LogP contribution in [0.2, 0.25) is 0 Å². The topological polar surface area (TPSA) is 39.1 Å². The molecule has 6 heteroatoms. The number of carbonyl (C=O) groups excluding carboxylic acids is 1. The van der Waals surface area contributed by atoms with Gasteiger partial charge in [0.25, 0.3) is 0 Å². The van der Waals surface area contributed by atoms with E-state index in [0.29, 0.717) is 12.2 Å². The second kappa shape index (κ2) is 8.07. The number of halogens is 1. The summed E-state index contributed by atoms with van der Waals surface area (Å²) in [6.07, 6.45) is 1.46. The van der Waals surface area contributed by atoms with Crippen LogP contribution in [0.25, 0.3) is 0 Å². The molecule has 2 aromatic rings. The van der Waals surface area contributed by atoms with Crippen molar-refractivity contribution >= 4 is 17.6 Å². The lowest BCUT2D eigenvalue weighted by Gasteiger charge is -2.49. The molecule has 1 saturated heterocycles. The van der Waals surface area contributed by atoms with Gasteiger partial charge in [-0.15, -0.1) is 5.92 Å². The fourth-order valence-electron chi connectivity index (χ4n) is 5.44. The van der Waals surface area contributed by atoms with E-state index in [0.717, 1.165) is 38.3 Å². The van der Waals surface area contributed by atoms with E-state index in [4.69, 9.17) is 0 Å². The van der Waals surface area contributed by atoms with E-state index in [1.807, 2.05) is 19.1 Å². The average molecular weight is 431 g/mol. The number of hydrogen-bond donors (Lipinski definition) is 0. The zero-order valence-electron chi connectivity index (χ0n) is 18.5.